The standard InChI is InChI=1S/C8H12N2O/c1-8(9,6-11)7-2-4-10-5-3-7/h2-5,11H,6,9H2,1H3. The molecule has 0 radical (unpaired) electrons. The normalized spacial score (nSPS) is 15.9. The predicted octanol–water partition coefficient (Wildman–Crippen LogP) is 0.248. The number of aliphatic hydroxyl groups excluding tert-OH is 1. The molecule has 0 saturated carbocycles. The number of aliphatic hydroxyl groups is 1. The monoisotopic (exact) mass is 152 g/mol. The third-order valence-corrected chi connectivity index (χ3v) is 1.67. The summed E-state index contributed by atoms with van der Waals surface area (Å²) in [6.07, 6.45) is 3.33. The Morgan fingerprint density at radius 2 is 2.09 bits per heavy atom. The largest absolute Gasteiger partial charge is 0.394 e. The lowest BCUT2D eigenvalue weighted by Gasteiger charge is -2.21. The van der Waals surface area contributed by atoms with Crippen LogP contribution < -0.4 is 5.73 Å². The Kier molecular flexibility index (Phi) is 2.22. The first-order chi connectivity index (χ1) is 5.17. The van der Waals surface area contributed by atoms with Crippen molar-refractivity contribution in [1.82, 2.24) is 4.98 Å². The maximum atomic E-state index is 8.90. The van der Waals surface area contributed by atoms with Crippen LogP contribution in [0.4, 0.5) is 0 Å². The van der Waals surface area contributed by atoms with Gasteiger partial charge >= 0.3 is 0 Å². The second kappa shape index (κ2) is 2.98. The van der Waals surface area contributed by atoms with Gasteiger partial charge in [0, 0.05) is 12.4 Å². The maximum absolute atomic E-state index is 8.90. The third kappa shape index (κ3) is 1.76. The lowest BCUT2D eigenvalue weighted by atomic mass is 9.96. The van der Waals surface area contributed by atoms with E-state index in [9.17, 15) is 0 Å². The van der Waals surface area contributed by atoms with Crippen LogP contribution >= 0.6 is 0 Å². The van der Waals surface area contributed by atoms with Crippen LogP contribution in [0.2, 0.25) is 0 Å². The summed E-state index contributed by atoms with van der Waals surface area (Å²) < 4.78 is 0. The molecule has 0 aliphatic carbocycles. The molecule has 0 aromatic carbocycles. The van der Waals surface area contributed by atoms with Gasteiger partial charge in [0.1, 0.15) is 0 Å². The number of aromatic nitrogens is 1. The molecule has 60 valence electrons. The van der Waals surface area contributed by atoms with Crippen molar-refractivity contribution in [1.29, 1.82) is 0 Å². The molecule has 0 bridgehead atoms. The van der Waals surface area contributed by atoms with Crippen molar-refractivity contribution >= 4 is 0 Å². The van der Waals surface area contributed by atoms with Crippen LogP contribution in [0, 0.1) is 0 Å². The van der Waals surface area contributed by atoms with E-state index in [4.69, 9.17) is 10.8 Å². The highest BCUT2D eigenvalue weighted by atomic mass is 16.3. The first kappa shape index (κ1) is 8.17. The Morgan fingerprint density at radius 3 is 2.55 bits per heavy atom. The van der Waals surface area contributed by atoms with Crippen molar-refractivity contribution in [3.05, 3.63) is 30.1 Å². The zero-order valence-electron chi connectivity index (χ0n) is 6.49. The highest BCUT2D eigenvalue weighted by Crippen LogP contribution is 2.14. The highest BCUT2D eigenvalue weighted by molar-refractivity contribution is 5.19. The van der Waals surface area contributed by atoms with Crippen molar-refractivity contribution in [2.75, 3.05) is 6.61 Å². The molecule has 1 atom stereocenters. The fourth-order valence-corrected chi connectivity index (χ4v) is 0.824. The van der Waals surface area contributed by atoms with Gasteiger partial charge in [-0.1, -0.05) is 0 Å². The summed E-state index contributed by atoms with van der Waals surface area (Å²) >= 11 is 0. The van der Waals surface area contributed by atoms with E-state index in [1.807, 2.05) is 0 Å². The number of nitrogens with two attached hydrogens (primary N) is 1. The summed E-state index contributed by atoms with van der Waals surface area (Å²) in [7, 11) is 0. The number of pyridine rings is 1. The van der Waals surface area contributed by atoms with E-state index in [0.717, 1.165) is 5.56 Å². The molecule has 1 heterocycles. The van der Waals surface area contributed by atoms with Crippen LogP contribution in [-0.2, 0) is 5.54 Å². The molecular formula is C8H12N2O. The van der Waals surface area contributed by atoms with Crippen molar-refractivity contribution in [3.8, 4) is 0 Å². The van der Waals surface area contributed by atoms with Crippen molar-refractivity contribution in [2.24, 2.45) is 5.73 Å². The minimum Gasteiger partial charge on any atom is -0.394 e. The molecule has 0 spiro atoms. The molecule has 0 fully saturated rings. The van der Waals surface area contributed by atoms with Crippen LogP contribution in [0.25, 0.3) is 0 Å². The van der Waals surface area contributed by atoms with Gasteiger partial charge in [-0.25, -0.2) is 0 Å². The second-order valence-corrected chi connectivity index (χ2v) is 2.81. The van der Waals surface area contributed by atoms with Crippen LogP contribution in [0.3, 0.4) is 0 Å². The molecule has 1 aromatic heterocycles. The minimum absolute atomic E-state index is 0.0585. The summed E-state index contributed by atoms with van der Waals surface area (Å²) in [5.41, 5.74) is 6.01. The smallest absolute Gasteiger partial charge is 0.0650 e. The van der Waals surface area contributed by atoms with Crippen LogP contribution in [0.15, 0.2) is 24.5 Å². The molecule has 0 aliphatic rings. The minimum atomic E-state index is -0.650. The van der Waals surface area contributed by atoms with E-state index < -0.39 is 5.54 Å². The van der Waals surface area contributed by atoms with Gasteiger partial charge in [0.05, 0.1) is 12.1 Å². The van der Waals surface area contributed by atoms with Crippen molar-refractivity contribution in [3.63, 3.8) is 0 Å². The molecule has 0 amide bonds. The summed E-state index contributed by atoms with van der Waals surface area (Å²) in [4.78, 5) is 3.86. The first-order valence-corrected chi connectivity index (χ1v) is 3.47. The van der Waals surface area contributed by atoms with Gasteiger partial charge in [-0.3, -0.25) is 4.98 Å². The molecule has 1 aromatic rings. The van der Waals surface area contributed by atoms with Crippen molar-refractivity contribution in [2.45, 2.75) is 12.5 Å². The Labute approximate surface area is 65.9 Å². The predicted molar refractivity (Wildman–Crippen MR) is 42.9 cm³/mol. The van der Waals surface area contributed by atoms with E-state index in [1.54, 1.807) is 31.5 Å². The van der Waals surface area contributed by atoms with Gasteiger partial charge in [-0.05, 0) is 24.6 Å². The van der Waals surface area contributed by atoms with Gasteiger partial charge in [0.2, 0.25) is 0 Å². The Balaban J connectivity index is 2.93. The topological polar surface area (TPSA) is 59.1 Å². The number of rotatable bonds is 2. The van der Waals surface area contributed by atoms with Gasteiger partial charge in [-0.15, -0.1) is 0 Å². The molecule has 3 heteroatoms. The summed E-state index contributed by atoms with van der Waals surface area (Å²) in [6, 6.07) is 3.60. The SMILES string of the molecule is CC(N)(CO)c1ccncc1. The van der Waals surface area contributed by atoms with Crippen LogP contribution in [0.1, 0.15) is 12.5 Å². The quantitative estimate of drug-likeness (QED) is 0.638. The highest BCUT2D eigenvalue weighted by Gasteiger charge is 2.18. The van der Waals surface area contributed by atoms with E-state index in [-0.39, 0.29) is 6.61 Å². The zero-order chi connectivity index (χ0) is 8.32. The van der Waals surface area contributed by atoms with Crippen molar-refractivity contribution < 1.29 is 5.11 Å². The second-order valence-electron chi connectivity index (χ2n) is 2.81. The average Bonchev–Trinajstić information content (AvgIpc) is 2.06. The molecule has 0 aliphatic heterocycles. The zero-order valence-corrected chi connectivity index (χ0v) is 6.49. The molecular weight excluding hydrogens is 140 g/mol. The molecule has 11 heavy (non-hydrogen) atoms. The molecule has 3 nitrogen and oxygen atoms in total. The summed E-state index contributed by atoms with van der Waals surface area (Å²) in [5, 5.41) is 8.90. The Bertz CT molecular complexity index is 221. The fourth-order valence-electron chi connectivity index (χ4n) is 0.824. The fraction of sp³-hybridized carbons (Fsp3) is 0.375. The molecule has 3 N–H and O–H groups in total. The van der Waals surface area contributed by atoms with Gasteiger partial charge in [-0.2, -0.15) is 0 Å². The summed E-state index contributed by atoms with van der Waals surface area (Å²) in [5.74, 6) is 0. The first-order valence-electron chi connectivity index (χ1n) is 3.47. The van der Waals surface area contributed by atoms with Crippen LogP contribution in [-0.4, -0.2) is 16.7 Å². The van der Waals surface area contributed by atoms with E-state index in [1.165, 1.54) is 0 Å². The lowest BCUT2D eigenvalue weighted by Crippen LogP contribution is -2.36. The molecule has 1 unspecified atom stereocenters. The molecule has 1 rings (SSSR count). The average molecular weight is 152 g/mol. The van der Waals surface area contributed by atoms with E-state index >= 15 is 0 Å². The maximum Gasteiger partial charge on any atom is 0.0650 e. The molecule has 0 saturated heterocycles. The number of hydrogen-bond donors (Lipinski definition) is 2. The van der Waals surface area contributed by atoms with E-state index in [2.05, 4.69) is 4.98 Å². The van der Waals surface area contributed by atoms with E-state index in [0.29, 0.717) is 0 Å². The van der Waals surface area contributed by atoms with Crippen LogP contribution in [0.5, 0.6) is 0 Å². The lowest BCUT2D eigenvalue weighted by molar-refractivity contribution is 0.210. The van der Waals surface area contributed by atoms with Gasteiger partial charge in [0.25, 0.3) is 0 Å². The number of hydrogen-bond acceptors (Lipinski definition) is 3. The third-order valence-electron chi connectivity index (χ3n) is 1.67. The Morgan fingerprint density at radius 1 is 1.55 bits per heavy atom. The van der Waals surface area contributed by atoms with Gasteiger partial charge < -0.3 is 10.8 Å². The van der Waals surface area contributed by atoms with Gasteiger partial charge in [0.15, 0.2) is 0 Å². The number of nitrogens with zero attached hydrogens (tertiary/aromatic N) is 1. The Hall–Kier alpha value is -0.930. The summed E-state index contributed by atoms with van der Waals surface area (Å²) in [6.45, 7) is 1.72.